The summed E-state index contributed by atoms with van der Waals surface area (Å²) in [7, 11) is 6.47. The van der Waals surface area contributed by atoms with Crippen molar-refractivity contribution in [2.75, 3.05) is 51.0 Å². The topological polar surface area (TPSA) is 18.5 Å². The molecule has 0 amide bonds. The van der Waals surface area contributed by atoms with E-state index >= 15 is 0 Å². The quantitative estimate of drug-likeness (QED) is 0.862. The van der Waals surface area contributed by atoms with Gasteiger partial charge in [0.15, 0.2) is 0 Å². The summed E-state index contributed by atoms with van der Waals surface area (Å²) in [4.78, 5) is 4.64. The number of nitrogens with zero attached hydrogens (tertiary/aromatic N) is 2. The molecule has 0 fully saturated rings. The average Bonchev–Trinajstić information content (AvgIpc) is 2.37. The molecule has 2 rings (SSSR count). The van der Waals surface area contributed by atoms with Crippen molar-refractivity contribution in [2.24, 2.45) is 0 Å². The number of hydrogen-bond donors (Lipinski definition) is 1. The van der Waals surface area contributed by atoms with Crippen molar-refractivity contribution < 1.29 is 0 Å². The van der Waals surface area contributed by atoms with E-state index in [1.807, 2.05) is 0 Å². The Labute approximate surface area is 111 Å². The Hall–Kier alpha value is -1.22. The molecule has 3 nitrogen and oxygen atoms in total. The van der Waals surface area contributed by atoms with Crippen molar-refractivity contribution in [3.63, 3.8) is 0 Å². The highest BCUT2D eigenvalue weighted by molar-refractivity contribution is 5.67. The summed E-state index contributed by atoms with van der Waals surface area (Å²) in [5, 5.41) is 3.50. The summed E-state index contributed by atoms with van der Waals surface area (Å²) in [6, 6.07) is 6.61. The predicted octanol–water partition coefficient (Wildman–Crippen LogP) is 2.43. The van der Waals surface area contributed by atoms with Gasteiger partial charge in [0, 0.05) is 31.5 Å². The number of rotatable bonds is 5. The molecule has 1 aliphatic heterocycles. The molecule has 0 radical (unpaired) electrons. The number of hydrogen-bond acceptors (Lipinski definition) is 3. The Balaban J connectivity index is 2.03. The molecule has 0 saturated heterocycles. The Bertz CT molecular complexity index is 387. The van der Waals surface area contributed by atoms with E-state index in [0.29, 0.717) is 0 Å². The minimum Gasteiger partial charge on any atom is -0.385 e. The third-order valence-corrected chi connectivity index (χ3v) is 3.58. The van der Waals surface area contributed by atoms with Gasteiger partial charge < -0.3 is 15.1 Å². The molecule has 0 spiro atoms. The van der Waals surface area contributed by atoms with Crippen molar-refractivity contribution in [2.45, 2.75) is 19.3 Å². The van der Waals surface area contributed by atoms with Crippen LogP contribution in [-0.2, 0) is 6.42 Å². The van der Waals surface area contributed by atoms with Crippen molar-refractivity contribution in [3.8, 4) is 0 Å². The fraction of sp³-hybridized carbons (Fsp3) is 0.600. The second-order valence-corrected chi connectivity index (χ2v) is 5.41. The SMILES string of the molecule is CN(C)CCCN(C)c1cccc2c1CCCN2. The summed E-state index contributed by atoms with van der Waals surface area (Å²) >= 11 is 0. The van der Waals surface area contributed by atoms with Gasteiger partial charge in [-0.2, -0.15) is 0 Å². The zero-order chi connectivity index (χ0) is 13.0. The van der Waals surface area contributed by atoms with Crippen LogP contribution in [-0.4, -0.2) is 45.7 Å². The van der Waals surface area contributed by atoms with Crippen LogP contribution in [0.5, 0.6) is 0 Å². The van der Waals surface area contributed by atoms with Crippen LogP contribution in [0.1, 0.15) is 18.4 Å². The van der Waals surface area contributed by atoms with Crippen LogP contribution in [0, 0.1) is 0 Å². The molecule has 100 valence electrons. The van der Waals surface area contributed by atoms with E-state index in [1.165, 1.54) is 36.2 Å². The van der Waals surface area contributed by atoms with E-state index in [4.69, 9.17) is 0 Å². The van der Waals surface area contributed by atoms with Gasteiger partial charge in [0.1, 0.15) is 0 Å². The largest absolute Gasteiger partial charge is 0.385 e. The summed E-state index contributed by atoms with van der Waals surface area (Å²) in [5.74, 6) is 0. The van der Waals surface area contributed by atoms with Crippen molar-refractivity contribution in [1.29, 1.82) is 0 Å². The molecule has 1 N–H and O–H groups in total. The van der Waals surface area contributed by atoms with Gasteiger partial charge in [-0.25, -0.2) is 0 Å². The molecule has 18 heavy (non-hydrogen) atoms. The first kappa shape index (κ1) is 13.2. The number of fused-ring (bicyclic) bond motifs is 1. The summed E-state index contributed by atoms with van der Waals surface area (Å²) in [6.45, 7) is 3.38. The van der Waals surface area contributed by atoms with Gasteiger partial charge in [0.2, 0.25) is 0 Å². The summed E-state index contributed by atoms with van der Waals surface area (Å²) in [5.41, 5.74) is 4.23. The van der Waals surface area contributed by atoms with Crippen molar-refractivity contribution >= 4 is 11.4 Å². The molecule has 0 aromatic heterocycles. The lowest BCUT2D eigenvalue weighted by Gasteiger charge is -2.27. The van der Waals surface area contributed by atoms with Crippen LogP contribution in [0.25, 0.3) is 0 Å². The zero-order valence-corrected chi connectivity index (χ0v) is 11.9. The minimum atomic E-state index is 1.11. The molecule has 0 bridgehead atoms. The van der Waals surface area contributed by atoms with E-state index in [9.17, 15) is 0 Å². The van der Waals surface area contributed by atoms with Gasteiger partial charge >= 0.3 is 0 Å². The van der Waals surface area contributed by atoms with Gasteiger partial charge in [0.05, 0.1) is 0 Å². The highest BCUT2D eigenvalue weighted by Gasteiger charge is 2.14. The lowest BCUT2D eigenvalue weighted by molar-refractivity contribution is 0.401. The molecule has 3 heteroatoms. The number of nitrogens with one attached hydrogen (secondary N) is 1. The Morgan fingerprint density at radius 1 is 1.17 bits per heavy atom. The van der Waals surface area contributed by atoms with E-state index in [2.05, 4.69) is 54.5 Å². The maximum absolute atomic E-state index is 3.50. The van der Waals surface area contributed by atoms with Gasteiger partial charge in [-0.05, 0) is 57.6 Å². The number of benzene rings is 1. The second kappa shape index (κ2) is 6.10. The third kappa shape index (κ3) is 3.16. The molecular formula is C15H25N3. The highest BCUT2D eigenvalue weighted by atomic mass is 15.1. The fourth-order valence-corrected chi connectivity index (χ4v) is 2.59. The summed E-state index contributed by atoms with van der Waals surface area (Å²) < 4.78 is 0. The van der Waals surface area contributed by atoms with Crippen molar-refractivity contribution in [3.05, 3.63) is 23.8 Å². The molecule has 1 aromatic carbocycles. The zero-order valence-electron chi connectivity index (χ0n) is 11.9. The van der Waals surface area contributed by atoms with E-state index in [1.54, 1.807) is 0 Å². The Morgan fingerprint density at radius 3 is 2.78 bits per heavy atom. The molecule has 0 saturated carbocycles. The van der Waals surface area contributed by atoms with Crippen LogP contribution in [0.15, 0.2) is 18.2 Å². The van der Waals surface area contributed by atoms with E-state index in [-0.39, 0.29) is 0 Å². The lowest BCUT2D eigenvalue weighted by atomic mass is 10.0. The molecule has 1 aromatic rings. The number of anilines is 2. The Morgan fingerprint density at radius 2 is 2.00 bits per heavy atom. The van der Waals surface area contributed by atoms with Gasteiger partial charge in [-0.15, -0.1) is 0 Å². The minimum absolute atomic E-state index is 1.11. The smallest absolute Gasteiger partial charge is 0.0416 e. The molecule has 0 atom stereocenters. The molecular weight excluding hydrogens is 222 g/mol. The van der Waals surface area contributed by atoms with Crippen LogP contribution >= 0.6 is 0 Å². The predicted molar refractivity (Wildman–Crippen MR) is 79.7 cm³/mol. The van der Waals surface area contributed by atoms with Gasteiger partial charge in [0.25, 0.3) is 0 Å². The van der Waals surface area contributed by atoms with Crippen molar-refractivity contribution in [1.82, 2.24) is 4.90 Å². The molecule has 0 unspecified atom stereocenters. The fourth-order valence-electron chi connectivity index (χ4n) is 2.59. The van der Waals surface area contributed by atoms with Crippen LogP contribution < -0.4 is 10.2 Å². The van der Waals surface area contributed by atoms with E-state index in [0.717, 1.165) is 19.6 Å². The second-order valence-electron chi connectivity index (χ2n) is 5.41. The standard InChI is InChI=1S/C15H25N3/c1-17(2)11-6-12-18(3)15-9-4-8-14-13(15)7-5-10-16-14/h4,8-9,16H,5-7,10-12H2,1-3H3. The maximum Gasteiger partial charge on any atom is 0.0416 e. The molecule has 1 heterocycles. The molecule has 1 aliphatic rings. The molecule has 0 aliphatic carbocycles. The van der Waals surface area contributed by atoms with Crippen LogP contribution in [0.4, 0.5) is 11.4 Å². The first-order valence-electron chi connectivity index (χ1n) is 6.90. The van der Waals surface area contributed by atoms with Gasteiger partial charge in [-0.1, -0.05) is 6.07 Å². The highest BCUT2D eigenvalue weighted by Crippen LogP contribution is 2.30. The first-order chi connectivity index (χ1) is 8.68. The summed E-state index contributed by atoms with van der Waals surface area (Å²) in [6.07, 6.45) is 3.66. The third-order valence-electron chi connectivity index (χ3n) is 3.58. The van der Waals surface area contributed by atoms with Crippen LogP contribution in [0.2, 0.25) is 0 Å². The van der Waals surface area contributed by atoms with Gasteiger partial charge in [-0.3, -0.25) is 0 Å². The monoisotopic (exact) mass is 247 g/mol. The van der Waals surface area contributed by atoms with E-state index < -0.39 is 0 Å². The first-order valence-corrected chi connectivity index (χ1v) is 6.90. The Kier molecular flexibility index (Phi) is 4.48. The normalized spacial score (nSPS) is 14.2. The maximum atomic E-state index is 3.50. The lowest BCUT2D eigenvalue weighted by Crippen LogP contribution is -2.25. The van der Waals surface area contributed by atoms with Crippen LogP contribution in [0.3, 0.4) is 0 Å². The average molecular weight is 247 g/mol.